The fraction of sp³-hybridized carbons (Fsp3) is 0.125. The van der Waals surface area contributed by atoms with Gasteiger partial charge >= 0.3 is 0 Å². The summed E-state index contributed by atoms with van der Waals surface area (Å²) in [5.41, 5.74) is 1.20. The third-order valence-electron chi connectivity index (χ3n) is 4.69. The van der Waals surface area contributed by atoms with Gasteiger partial charge in [-0.25, -0.2) is 0 Å². The van der Waals surface area contributed by atoms with Crippen molar-refractivity contribution in [2.75, 3.05) is 11.1 Å². The molecule has 168 valence electrons. The Labute approximate surface area is 200 Å². The van der Waals surface area contributed by atoms with Crippen LogP contribution in [0.15, 0.2) is 84.0 Å². The SMILES string of the molecule is CC(Oc1ccccc1Cl)c1nnc(SCC(=O)Nc2ccccc2O)n1-c1ccccc1. The second-order valence-electron chi connectivity index (χ2n) is 7.06. The van der Waals surface area contributed by atoms with Crippen LogP contribution in [0, 0.1) is 0 Å². The van der Waals surface area contributed by atoms with Crippen LogP contribution >= 0.6 is 23.4 Å². The van der Waals surface area contributed by atoms with Gasteiger partial charge in [0.15, 0.2) is 17.1 Å². The minimum atomic E-state index is -0.456. The van der Waals surface area contributed by atoms with Gasteiger partial charge in [-0.1, -0.05) is 65.8 Å². The molecule has 0 fully saturated rings. The number of halogens is 1. The highest BCUT2D eigenvalue weighted by Crippen LogP contribution is 2.31. The maximum Gasteiger partial charge on any atom is 0.234 e. The minimum Gasteiger partial charge on any atom is -0.506 e. The van der Waals surface area contributed by atoms with Crippen LogP contribution in [0.4, 0.5) is 5.69 Å². The lowest BCUT2D eigenvalue weighted by Gasteiger charge is -2.17. The number of thioether (sulfide) groups is 1. The maximum atomic E-state index is 12.5. The fourth-order valence-electron chi connectivity index (χ4n) is 3.14. The van der Waals surface area contributed by atoms with Crippen molar-refractivity contribution in [1.29, 1.82) is 0 Å². The summed E-state index contributed by atoms with van der Waals surface area (Å²) < 4.78 is 7.91. The molecular formula is C24H21ClN4O3S. The van der Waals surface area contributed by atoms with E-state index in [0.717, 1.165) is 5.69 Å². The van der Waals surface area contributed by atoms with E-state index in [4.69, 9.17) is 16.3 Å². The predicted molar refractivity (Wildman–Crippen MR) is 129 cm³/mol. The van der Waals surface area contributed by atoms with Gasteiger partial charge in [0, 0.05) is 5.69 Å². The average molecular weight is 481 g/mol. The molecular weight excluding hydrogens is 460 g/mol. The lowest BCUT2D eigenvalue weighted by atomic mass is 10.3. The number of rotatable bonds is 8. The Hall–Kier alpha value is -3.49. The van der Waals surface area contributed by atoms with Crippen LogP contribution in [-0.2, 0) is 4.79 Å². The highest BCUT2D eigenvalue weighted by molar-refractivity contribution is 7.99. The quantitative estimate of drug-likeness (QED) is 0.256. The first-order valence-corrected chi connectivity index (χ1v) is 11.5. The van der Waals surface area contributed by atoms with Crippen molar-refractivity contribution in [3.8, 4) is 17.2 Å². The molecule has 4 aromatic rings. The summed E-state index contributed by atoms with van der Waals surface area (Å²) in [6.45, 7) is 1.87. The van der Waals surface area contributed by atoms with Crippen molar-refractivity contribution in [2.45, 2.75) is 18.2 Å². The van der Waals surface area contributed by atoms with Crippen LogP contribution in [0.1, 0.15) is 18.9 Å². The van der Waals surface area contributed by atoms with Gasteiger partial charge in [-0.2, -0.15) is 0 Å². The van der Waals surface area contributed by atoms with Gasteiger partial charge in [0.1, 0.15) is 11.5 Å². The van der Waals surface area contributed by atoms with E-state index >= 15 is 0 Å². The summed E-state index contributed by atoms with van der Waals surface area (Å²) in [5.74, 6) is 0.941. The third kappa shape index (κ3) is 5.47. The van der Waals surface area contributed by atoms with Crippen molar-refractivity contribution in [3.63, 3.8) is 0 Å². The molecule has 9 heteroatoms. The smallest absolute Gasteiger partial charge is 0.234 e. The van der Waals surface area contributed by atoms with E-state index in [0.29, 0.717) is 27.4 Å². The predicted octanol–water partition coefficient (Wildman–Crippen LogP) is 5.50. The van der Waals surface area contributed by atoms with E-state index < -0.39 is 6.10 Å². The Kier molecular flexibility index (Phi) is 7.16. The second-order valence-corrected chi connectivity index (χ2v) is 8.41. The lowest BCUT2D eigenvalue weighted by molar-refractivity contribution is -0.113. The molecule has 7 nitrogen and oxygen atoms in total. The fourth-order valence-corrected chi connectivity index (χ4v) is 4.08. The standard InChI is InChI=1S/C24H21ClN4O3S/c1-16(32-21-14-8-5-11-18(21)25)23-27-28-24(29(23)17-9-3-2-4-10-17)33-15-22(31)26-19-12-6-7-13-20(19)30/h2-14,16,30H,15H2,1H3,(H,26,31). The molecule has 0 saturated heterocycles. The molecule has 1 heterocycles. The Morgan fingerprint density at radius 3 is 2.52 bits per heavy atom. The van der Waals surface area contributed by atoms with Gasteiger partial charge in [-0.3, -0.25) is 9.36 Å². The number of nitrogens with one attached hydrogen (secondary N) is 1. The first-order chi connectivity index (χ1) is 16.0. The number of aromatic hydroxyl groups is 1. The molecule has 0 aliphatic rings. The van der Waals surface area contributed by atoms with Crippen molar-refractivity contribution >= 4 is 35.0 Å². The zero-order valence-electron chi connectivity index (χ0n) is 17.7. The van der Waals surface area contributed by atoms with Crippen LogP contribution in [0.2, 0.25) is 5.02 Å². The number of aromatic nitrogens is 3. The number of hydrogen-bond acceptors (Lipinski definition) is 6. The van der Waals surface area contributed by atoms with Crippen molar-refractivity contribution in [3.05, 3.63) is 89.7 Å². The number of benzene rings is 3. The lowest BCUT2D eigenvalue weighted by Crippen LogP contribution is -2.15. The van der Waals surface area contributed by atoms with Crippen LogP contribution in [0.5, 0.6) is 11.5 Å². The molecule has 2 N–H and O–H groups in total. The van der Waals surface area contributed by atoms with Crippen molar-refractivity contribution in [2.24, 2.45) is 0 Å². The highest BCUT2D eigenvalue weighted by Gasteiger charge is 2.22. The van der Waals surface area contributed by atoms with Gasteiger partial charge in [0.2, 0.25) is 5.91 Å². The van der Waals surface area contributed by atoms with Gasteiger partial charge in [-0.05, 0) is 43.3 Å². The zero-order chi connectivity index (χ0) is 23.2. The molecule has 1 unspecified atom stereocenters. The van der Waals surface area contributed by atoms with Gasteiger partial charge in [-0.15, -0.1) is 10.2 Å². The number of hydrogen-bond donors (Lipinski definition) is 2. The van der Waals surface area contributed by atoms with Crippen LogP contribution in [-0.4, -0.2) is 31.5 Å². The van der Waals surface area contributed by atoms with E-state index in [9.17, 15) is 9.90 Å². The number of para-hydroxylation sites is 4. The average Bonchev–Trinajstić information content (AvgIpc) is 3.25. The first kappa shape index (κ1) is 22.7. The molecule has 0 saturated carbocycles. The largest absolute Gasteiger partial charge is 0.506 e. The number of phenolic OH excluding ortho intramolecular Hbond substituents is 1. The van der Waals surface area contributed by atoms with E-state index in [1.165, 1.54) is 17.8 Å². The Morgan fingerprint density at radius 2 is 1.76 bits per heavy atom. The van der Waals surface area contributed by atoms with E-state index in [1.54, 1.807) is 30.3 Å². The number of anilines is 1. The maximum absolute atomic E-state index is 12.5. The molecule has 1 amide bonds. The number of amides is 1. The van der Waals surface area contributed by atoms with Crippen LogP contribution in [0.25, 0.3) is 5.69 Å². The molecule has 0 bridgehead atoms. The summed E-state index contributed by atoms with van der Waals surface area (Å²) in [7, 11) is 0. The van der Waals surface area contributed by atoms with Crippen molar-refractivity contribution in [1.82, 2.24) is 14.8 Å². The zero-order valence-corrected chi connectivity index (χ0v) is 19.3. The molecule has 0 aliphatic carbocycles. The van der Waals surface area contributed by atoms with E-state index in [1.807, 2.05) is 54.0 Å². The van der Waals surface area contributed by atoms with E-state index in [-0.39, 0.29) is 17.4 Å². The second kappa shape index (κ2) is 10.4. The molecule has 33 heavy (non-hydrogen) atoms. The van der Waals surface area contributed by atoms with Crippen LogP contribution in [0.3, 0.4) is 0 Å². The summed E-state index contributed by atoms with van der Waals surface area (Å²) in [4.78, 5) is 12.5. The molecule has 0 spiro atoms. The topological polar surface area (TPSA) is 89.3 Å². The van der Waals surface area contributed by atoms with Crippen LogP contribution < -0.4 is 10.1 Å². The number of carbonyl (C=O) groups excluding carboxylic acids is 1. The summed E-state index contributed by atoms with van der Waals surface area (Å²) in [5, 5.41) is 22.3. The normalized spacial score (nSPS) is 11.7. The summed E-state index contributed by atoms with van der Waals surface area (Å²) in [6.07, 6.45) is -0.456. The van der Waals surface area contributed by atoms with Crippen molar-refractivity contribution < 1.29 is 14.6 Å². The number of phenols is 1. The minimum absolute atomic E-state index is 0.0103. The highest BCUT2D eigenvalue weighted by atomic mass is 35.5. The third-order valence-corrected chi connectivity index (χ3v) is 5.93. The number of nitrogens with zero attached hydrogens (tertiary/aromatic N) is 3. The molecule has 1 aromatic heterocycles. The van der Waals surface area contributed by atoms with Gasteiger partial charge in [0.25, 0.3) is 0 Å². The molecule has 1 atom stereocenters. The monoisotopic (exact) mass is 480 g/mol. The first-order valence-electron chi connectivity index (χ1n) is 10.2. The molecule has 4 rings (SSSR count). The Balaban J connectivity index is 1.56. The molecule has 3 aromatic carbocycles. The van der Waals surface area contributed by atoms with Gasteiger partial charge in [0.05, 0.1) is 16.5 Å². The van der Waals surface area contributed by atoms with E-state index in [2.05, 4.69) is 15.5 Å². The van der Waals surface area contributed by atoms with Gasteiger partial charge < -0.3 is 15.2 Å². The Bertz CT molecular complexity index is 1250. The summed E-state index contributed by atoms with van der Waals surface area (Å²) in [6, 6.07) is 23.4. The number of ether oxygens (including phenoxy) is 1. The Morgan fingerprint density at radius 1 is 1.06 bits per heavy atom. The summed E-state index contributed by atoms with van der Waals surface area (Å²) >= 11 is 7.48. The molecule has 0 aliphatic heterocycles. The molecule has 0 radical (unpaired) electrons. The number of carbonyl (C=O) groups is 1.